The van der Waals surface area contributed by atoms with Gasteiger partial charge in [0.05, 0.1) is 19.3 Å². The molecule has 3 heterocycles. The maximum Gasteiger partial charge on any atom is 0.217 e. The Bertz CT molecular complexity index is 830. The zero-order valence-electron chi connectivity index (χ0n) is 17.2. The van der Waals surface area contributed by atoms with Gasteiger partial charge in [0.2, 0.25) is 11.8 Å². The molecular weight excluding hydrogens is 388 g/mol. The van der Waals surface area contributed by atoms with Gasteiger partial charge in [-0.25, -0.2) is 9.97 Å². The highest BCUT2D eigenvalue weighted by atomic mass is 32.1. The second kappa shape index (κ2) is 9.26. The van der Waals surface area contributed by atoms with Crippen LogP contribution in [0.2, 0.25) is 0 Å². The lowest BCUT2D eigenvalue weighted by molar-refractivity contribution is -0.120. The number of ether oxygens (including phenoxy) is 2. The van der Waals surface area contributed by atoms with E-state index in [1.807, 2.05) is 19.1 Å². The summed E-state index contributed by atoms with van der Waals surface area (Å²) in [6.45, 7) is 6.89. The van der Waals surface area contributed by atoms with Gasteiger partial charge >= 0.3 is 0 Å². The number of rotatable bonds is 8. The zero-order valence-corrected chi connectivity index (χ0v) is 18.0. The van der Waals surface area contributed by atoms with E-state index >= 15 is 0 Å². The minimum absolute atomic E-state index is 0.0190. The molecule has 1 aliphatic heterocycles. The molecule has 2 aromatic heterocycles. The molecule has 29 heavy (non-hydrogen) atoms. The van der Waals surface area contributed by atoms with Gasteiger partial charge in [-0.2, -0.15) is 0 Å². The molecule has 0 radical (unpaired) electrons. The van der Waals surface area contributed by atoms with Crippen LogP contribution in [0, 0.1) is 5.92 Å². The maximum absolute atomic E-state index is 11.0. The number of pyridine rings is 1. The third-order valence-electron chi connectivity index (χ3n) is 5.54. The van der Waals surface area contributed by atoms with Crippen molar-refractivity contribution in [3.05, 3.63) is 12.1 Å². The molecule has 1 amide bonds. The third-order valence-corrected chi connectivity index (χ3v) is 6.56. The topological polar surface area (TPSA) is 76.6 Å². The van der Waals surface area contributed by atoms with Gasteiger partial charge in [0.15, 0.2) is 5.13 Å². The predicted octanol–water partition coefficient (Wildman–Crippen LogP) is 3.38. The molecule has 2 aromatic rings. The van der Waals surface area contributed by atoms with Crippen LogP contribution in [0.15, 0.2) is 12.1 Å². The van der Waals surface area contributed by atoms with Gasteiger partial charge in [-0.05, 0) is 51.0 Å². The number of hydrogen-bond donors (Lipinski definition) is 1. The molecule has 0 bridgehead atoms. The van der Waals surface area contributed by atoms with Gasteiger partial charge in [-0.3, -0.25) is 4.79 Å². The first kappa shape index (κ1) is 20.3. The molecule has 4 rings (SSSR count). The van der Waals surface area contributed by atoms with E-state index in [4.69, 9.17) is 14.5 Å². The number of aromatic nitrogens is 2. The summed E-state index contributed by atoms with van der Waals surface area (Å²) in [5, 5.41) is 3.92. The molecule has 7 nitrogen and oxygen atoms in total. The van der Waals surface area contributed by atoms with Crippen LogP contribution in [0.4, 0.5) is 5.13 Å². The van der Waals surface area contributed by atoms with Crippen molar-refractivity contribution in [2.45, 2.75) is 58.1 Å². The van der Waals surface area contributed by atoms with E-state index in [2.05, 4.69) is 15.2 Å². The lowest BCUT2D eigenvalue weighted by Gasteiger charge is -2.35. The SMILES string of the molecule is CC(=O)N[C@@H](C)COC1CC(COc2ccc3nc(N4CCCCC4)sc3n2)C1. The number of nitrogens with zero attached hydrogens (tertiary/aromatic N) is 3. The quantitative estimate of drug-likeness (QED) is 0.708. The average molecular weight is 419 g/mol. The molecule has 1 saturated carbocycles. The number of thiazole rings is 1. The number of hydrogen-bond acceptors (Lipinski definition) is 7. The fourth-order valence-electron chi connectivity index (χ4n) is 3.91. The Morgan fingerprint density at radius 2 is 2.07 bits per heavy atom. The van der Waals surface area contributed by atoms with Crippen LogP contribution >= 0.6 is 11.3 Å². The molecule has 0 aromatic carbocycles. The van der Waals surface area contributed by atoms with Gasteiger partial charge in [-0.15, -0.1) is 0 Å². The summed E-state index contributed by atoms with van der Waals surface area (Å²) >= 11 is 1.66. The van der Waals surface area contributed by atoms with E-state index in [1.165, 1.54) is 26.2 Å². The monoisotopic (exact) mass is 418 g/mol. The molecule has 1 saturated heterocycles. The maximum atomic E-state index is 11.0. The summed E-state index contributed by atoms with van der Waals surface area (Å²) < 4.78 is 11.8. The lowest BCUT2D eigenvalue weighted by atomic mass is 9.83. The number of carbonyl (C=O) groups excluding carboxylic acids is 1. The zero-order chi connectivity index (χ0) is 20.2. The van der Waals surface area contributed by atoms with Crippen LogP contribution in [-0.4, -0.2) is 54.3 Å². The van der Waals surface area contributed by atoms with E-state index < -0.39 is 0 Å². The summed E-state index contributed by atoms with van der Waals surface area (Å²) in [5.41, 5.74) is 0.952. The van der Waals surface area contributed by atoms with Gasteiger partial charge < -0.3 is 19.7 Å². The predicted molar refractivity (Wildman–Crippen MR) is 115 cm³/mol. The Hall–Kier alpha value is -1.93. The Morgan fingerprint density at radius 1 is 1.28 bits per heavy atom. The van der Waals surface area contributed by atoms with E-state index in [9.17, 15) is 4.79 Å². The second-order valence-electron chi connectivity index (χ2n) is 8.22. The van der Waals surface area contributed by atoms with Crippen molar-refractivity contribution in [2.24, 2.45) is 5.92 Å². The molecule has 2 aliphatic rings. The number of amides is 1. The molecule has 1 atom stereocenters. The standard InChI is InChI=1S/C21H30N4O3S/c1-14(22-15(2)26)12-27-17-10-16(11-17)13-28-19-7-6-18-20(24-19)29-21(23-18)25-8-4-3-5-9-25/h6-7,14,16-17H,3-5,8-13H2,1-2H3,(H,22,26)/t14-,16?,17?/m0/s1. The first-order valence-electron chi connectivity index (χ1n) is 10.6. The van der Waals surface area contributed by atoms with E-state index in [0.717, 1.165) is 41.4 Å². The van der Waals surface area contributed by atoms with Crippen LogP contribution in [0.25, 0.3) is 10.3 Å². The Kier molecular flexibility index (Phi) is 6.50. The highest BCUT2D eigenvalue weighted by Gasteiger charge is 2.31. The molecule has 1 N–H and O–H groups in total. The number of fused-ring (bicyclic) bond motifs is 1. The van der Waals surface area contributed by atoms with Crippen molar-refractivity contribution in [1.29, 1.82) is 0 Å². The second-order valence-corrected chi connectivity index (χ2v) is 9.18. The fourth-order valence-corrected chi connectivity index (χ4v) is 4.89. The van der Waals surface area contributed by atoms with E-state index in [-0.39, 0.29) is 18.1 Å². The van der Waals surface area contributed by atoms with Crippen molar-refractivity contribution in [1.82, 2.24) is 15.3 Å². The fraction of sp³-hybridized carbons (Fsp3) is 0.667. The Labute approximate surface area is 175 Å². The van der Waals surface area contributed by atoms with Crippen LogP contribution in [-0.2, 0) is 9.53 Å². The summed E-state index contributed by atoms with van der Waals surface area (Å²) in [5.74, 6) is 1.16. The summed E-state index contributed by atoms with van der Waals surface area (Å²) in [6, 6.07) is 3.98. The first-order chi connectivity index (χ1) is 14.1. The normalized spacial score (nSPS) is 22.9. The van der Waals surface area contributed by atoms with Gasteiger partial charge in [0, 0.05) is 32.1 Å². The van der Waals surface area contributed by atoms with E-state index in [0.29, 0.717) is 25.0 Å². The molecular formula is C21H30N4O3S. The van der Waals surface area contributed by atoms with Gasteiger partial charge in [-0.1, -0.05) is 11.3 Å². The molecule has 8 heteroatoms. The number of carbonyl (C=O) groups is 1. The minimum Gasteiger partial charge on any atom is -0.477 e. The smallest absolute Gasteiger partial charge is 0.217 e. The van der Waals surface area contributed by atoms with Crippen LogP contribution in [0.3, 0.4) is 0 Å². The van der Waals surface area contributed by atoms with Crippen LogP contribution in [0.5, 0.6) is 5.88 Å². The summed E-state index contributed by atoms with van der Waals surface area (Å²) in [7, 11) is 0. The molecule has 1 aliphatic carbocycles. The van der Waals surface area contributed by atoms with Crippen molar-refractivity contribution in [2.75, 3.05) is 31.2 Å². The highest BCUT2D eigenvalue weighted by molar-refractivity contribution is 7.21. The molecule has 158 valence electrons. The highest BCUT2D eigenvalue weighted by Crippen LogP contribution is 2.32. The third kappa shape index (κ3) is 5.36. The lowest BCUT2D eigenvalue weighted by Crippen LogP contribution is -2.40. The summed E-state index contributed by atoms with van der Waals surface area (Å²) in [6.07, 6.45) is 6.07. The number of piperidine rings is 1. The van der Waals surface area contributed by atoms with E-state index in [1.54, 1.807) is 11.3 Å². The number of anilines is 1. The molecule has 0 spiro atoms. The Morgan fingerprint density at radius 3 is 2.83 bits per heavy atom. The largest absolute Gasteiger partial charge is 0.477 e. The van der Waals surface area contributed by atoms with Crippen molar-refractivity contribution in [3.63, 3.8) is 0 Å². The molecule has 0 unspecified atom stereocenters. The average Bonchev–Trinajstić information content (AvgIpc) is 3.10. The number of nitrogens with one attached hydrogen (secondary N) is 1. The van der Waals surface area contributed by atoms with Crippen LogP contribution < -0.4 is 15.0 Å². The van der Waals surface area contributed by atoms with Gasteiger partial charge in [0.1, 0.15) is 10.3 Å². The minimum atomic E-state index is -0.0190. The summed E-state index contributed by atoms with van der Waals surface area (Å²) in [4.78, 5) is 23.8. The molecule has 2 fully saturated rings. The van der Waals surface area contributed by atoms with Crippen LogP contribution in [0.1, 0.15) is 46.0 Å². The Balaban J connectivity index is 1.22. The first-order valence-corrected chi connectivity index (χ1v) is 11.4. The van der Waals surface area contributed by atoms with Crippen molar-refractivity contribution in [3.8, 4) is 5.88 Å². The van der Waals surface area contributed by atoms with Crippen molar-refractivity contribution < 1.29 is 14.3 Å². The van der Waals surface area contributed by atoms with Gasteiger partial charge in [0.25, 0.3) is 0 Å². The van der Waals surface area contributed by atoms with Crippen molar-refractivity contribution >= 4 is 32.7 Å².